The minimum Gasteiger partial charge on any atom is -0.360 e. The van der Waals surface area contributed by atoms with Gasteiger partial charge in [-0.1, -0.05) is 5.16 Å². The van der Waals surface area contributed by atoms with Gasteiger partial charge in [-0.3, -0.25) is 0 Å². The Morgan fingerprint density at radius 1 is 1.39 bits per heavy atom. The van der Waals surface area contributed by atoms with Crippen LogP contribution in [0, 0.1) is 13.8 Å². The van der Waals surface area contributed by atoms with Crippen molar-refractivity contribution in [3.63, 3.8) is 0 Å². The summed E-state index contributed by atoms with van der Waals surface area (Å²) in [6.45, 7) is 3.02. The zero-order chi connectivity index (χ0) is 13.6. The SMILES string of the molecule is Cc1noc(C)c1S(=O)(=O)N[C@@H]1CCS(=O)(=O)C1. The van der Waals surface area contributed by atoms with Gasteiger partial charge in [-0.05, 0) is 20.3 Å². The van der Waals surface area contributed by atoms with Gasteiger partial charge in [0.15, 0.2) is 15.6 Å². The van der Waals surface area contributed by atoms with Crippen molar-refractivity contribution in [3.8, 4) is 0 Å². The molecule has 1 saturated heterocycles. The fourth-order valence-corrected chi connectivity index (χ4v) is 5.40. The highest BCUT2D eigenvalue weighted by Gasteiger charge is 2.33. The van der Waals surface area contributed by atoms with E-state index in [2.05, 4.69) is 9.88 Å². The molecule has 0 saturated carbocycles. The number of hydrogen-bond donors (Lipinski definition) is 1. The van der Waals surface area contributed by atoms with Crippen molar-refractivity contribution in [3.05, 3.63) is 11.5 Å². The normalized spacial score (nSPS) is 23.3. The van der Waals surface area contributed by atoms with E-state index < -0.39 is 25.9 Å². The lowest BCUT2D eigenvalue weighted by Crippen LogP contribution is -2.36. The van der Waals surface area contributed by atoms with Gasteiger partial charge in [0.05, 0.1) is 11.5 Å². The van der Waals surface area contributed by atoms with E-state index in [9.17, 15) is 16.8 Å². The first-order chi connectivity index (χ1) is 8.21. The minimum atomic E-state index is -3.78. The third-order valence-corrected chi connectivity index (χ3v) is 6.32. The maximum Gasteiger partial charge on any atom is 0.246 e. The molecular weight excluding hydrogens is 280 g/mol. The minimum absolute atomic E-state index is 0.00759. The summed E-state index contributed by atoms with van der Waals surface area (Å²) >= 11 is 0. The Hall–Kier alpha value is -0.930. The molecule has 18 heavy (non-hydrogen) atoms. The predicted octanol–water partition coefficient (Wildman–Crippen LogP) is -0.243. The quantitative estimate of drug-likeness (QED) is 0.824. The fraction of sp³-hybridized carbons (Fsp3) is 0.667. The van der Waals surface area contributed by atoms with Gasteiger partial charge in [0, 0.05) is 6.04 Å². The molecule has 0 spiro atoms. The zero-order valence-electron chi connectivity index (χ0n) is 10.0. The highest BCUT2D eigenvalue weighted by molar-refractivity contribution is 7.92. The molecule has 102 valence electrons. The summed E-state index contributed by atoms with van der Waals surface area (Å²) < 4.78 is 53.9. The number of nitrogens with zero attached hydrogens (tertiary/aromatic N) is 1. The number of hydrogen-bond acceptors (Lipinski definition) is 6. The monoisotopic (exact) mass is 294 g/mol. The number of nitrogens with one attached hydrogen (secondary N) is 1. The third-order valence-electron chi connectivity index (χ3n) is 2.79. The van der Waals surface area contributed by atoms with Crippen molar-refractivity contribution in [1.29, 1.82) is 0 Å². The highest BCUT2D eigenvalue weighted by atomic mass is 32.2. The van der Waals surface area contributed by atoms with E-state index in [-0.39, 0.29) is 27.9 Å². The first kappa shape index (κ1) is 13.5. The average Bonchev–Trinajstić information content (AvgIpc) is 2.69. The molecule has 1 fully saturated rings. The number of rotatable bonds is 3. The maximum absolute atomic E-state index is 12.1. The number of aromatic nitrogens is 1. The Morgan fingerprint density at radius 3 is 2.50 bits per heavy atom. The smallest absolute Gasteiger partial charge is 0.246 e. The predicted molar refractivity (Wildman–Crippen MR) is 63.4 cm³/mol. The second kappa shape index (κ2) is 4.32. The van der Waals surface area contributed by atoms with E-state index >= 15 is 0 Å². The lowest BCUT2D eigenvalue weighted by atomic mass is 10.3. The molecule has 0 radical (unpaired) electrons. The number of aryl methyl sites for hydroxylation is 2. The summed E-state index contributed by atoms with van der Waals surface area (Å²) in [5, 5.41) is 3.57. The average molecular weight is 294 g/mol. The fourth-order valence-electron chi connectivity index (χ4n) is 2.02. The van der Waals surface area contributed by atoms with E-state index in [4.69, 9.17) is 4.52 Å². The molecule has 1 aromatic rings. The van der Waals surface area contributed by atoms with Crippen LogP contribution in [0.4, 0.5) is 0 Å². The number of sulfonamides is 1. The summed E-state index contributed by atoms with van der Waals surface area (Å²) in [5.41, 5.74) is 0.265. The van der Waals surface area contributed by atoms with Crippen LogP contribution in [0.3, 0.4) is 0 Å². The third kappa shape index (κ3) is 2.57. The Labute approximate surface area is 106 Å². The van der Waals surface area contributed by atoms with Gasteiger partial charge in [0.2, 0.25) is 10.0 Å². The molecule has 1 aliphatic rings. The van der Waals surface area contributed by atoms with Gasteiger partial charge in [-0.25, -0.2) is 21.6 Å². The van der Waals surface area contributed by atoms with E-state index in [0.717, 1.165) is 0 Å². The van der Waals surface area contributed by atoms with E-state index in [1.807, 2.05) is 0 Å². The summed E-state index contributed by atoms with van der Waals surface area (Å²) in [6, 6.07) is -0.575. The van der Waals surface area contributed by atoms with Gasteiger partial charge < -0.3 is 4.52 Å². The molecule has 2 heterocycles. The second-order valence-electron chi connectivity index (χ2n) is 4.37. The van der Waals surface area contributed by atoms with Gasteiger partial charge in [0.1, 0.15) is 10.6 Å². The van der Waals surface area contributed by atoms with E-state index in [0.29, 0.717) is 6.42 Å². The van der Waals surface area contributed by atoms with Crippen LogP contribution in [0.25, 0.3) is 0 Å². The Balaban J connectivity index is 2.24. The van der Waals surface area contributed by atoms with Crippen molar-refractivity contribution < 1.29 is 21.4 Å². The summed E-state index contributed by atoms with van der Waals surface area (Å²) in [4.78, 5) is -0.00759. The Bertz CT molecular complexity index is 640. The summed E-state index contributed by atoms with van der Waals surface area (Å²) in [5.74, 6) is 0.0538. The van der Waals surface area contributed by atoms with Gasteiger partial charge in [-0.15, -0.1) is 0 Å². The first-order valence-corrected chi connectivity index (χ1v) is 8.67. The van der Waals surface area contributed by atoms with E-state index in [1.54, 1.807) is 0 Å². The molecule has 7 nitrogen and oxygen atoms in total. The van der Waals surface area contributed by atoms with Gasteiger partial charge >= 0.3 is 0 Å². The molecule has 1 N–H and O–H groups in total. The van der Waals surface area contributed by atoms with Crippen LogP contribution in [0.1, 0.15) is 17.9 Å². The Kier molecular flexibility index (Phi) is 3.24. The maximum atomic E-state index is 12.1. The molecule has 0 unspecified atom stereocenters. The van der Waals surface area contributed by atoms with Crippen LogP contribution in [0.15, 0.2) is 9.42 Å². The van der Waals surface area contributed by atoms with Gasteiger partial charge in [0.25, 0.3) is 0 Å². The van der Waals surface area contributed by atoms with Crippen LogP contribution >= 0.6 is 0 Å². The lowest BCUT2D eigenvalue weighted by Gasteiger charge is -2.10. The summed E-state index contributed by atoms with van der Waals surface area (Å²) in [6.07, 6.45) is 0.297. The van der Waals surface area contributed by atoms with Crippen LogP contribution in [-0.2, 0) is 19.9 Å². The highest BCUT2D eigenvalue weighted by Crippen LogP contribution is 2.21. The van der Waals surface area contributed by atoms with Crippen molar-refractivity contribution in [2.75, 3.05) is 11.5 Å². The standard InChI is InChI=1S/C9H14N2O5S2/c1-6-9(7(2)16-10-6)18(14,15)11-8-3-4-17(12,13)5-8/h8,11H,3-5H2,1-2H3/t8-/m1/s1. The molecular formula is C9H14N2O5S2. The Morgan fingerprint density at radius 2 is 2.06 bits per heavy atom. The largest absolute Gasteiger partial charge is 0.360 e. The topological polar surface area (TPSA) is 106 Å². The zero-order valence-corrected chi connectivity index (χ0v) is 11.6. The summed E-state index contributed by atoms with van der Waals surface area (Å²) in [7, 11) is -6.91. The lowest BCUT2D eigenvalue weighted by molar-refractivity contribution is 0.390. The van der Waals surface area contributed by atoms with Crippen LogP contribution in [-0.4, -0.2) is 39.5 Å². The van der Waals surface area contributed by atoms with Crippen LogP contribution in [0.2, 0.25) is 0 Å². The molecule has 1 aliphatic heterocycles. The van der Waals surface area contributed by atoms with E-state index in [1.165, 1.54) is 13.8 Å². The van der Waals surface area contributed by atoms with Crippen LogP contribution in [0.5, 0.6) is 0 Å². The molecule has 2 rings (SSSR count). The van der Waals surface area contributed by atoms with Crippen molar-refractivity contribution in [2.24, 2.45) is 0 Å². The number of sulfone groups is 1. The van der Waals surface area contributed by atoms with Gasteiger partial charge in [-0.2, -0.15) is 0 Å². The first-order valence-electron chi connectivity index (χ1n) is 5.37. The van der Waals surface area contributed by atoms with Crippen LogP contribution < -0.4 is 4.72 Å². The van der Waals surface area contributed by atoms with Crippen molar-refractivity contribution in [2.45, 2.75) is 31.2 Å². The van der Waals surface area contributed by atoms with Crippen molar-refractivity contribution >= 4 is 19.9 Å². The molecule has 0 amide bonds. The second-order valence-corrected chi connectivity index (χ2v) is 8.25. The van der Waals surface area contributed by atoms with Crippen molar-refractivity contribution in [1.82, 2.24) is 9.88 Å². The molecule has 1 aromatic heterocycles. The molecule has 1 atom stereocenters. The molecule has 0 bridgehead atoms. The molecule has 9 heteroatoms. The molecule has 0 aromatic carbocycles. The molecule has 0 aliphatic carbocycles.